The molecule has 0 heterocycles. The van der Waals surface area contributed by atoms with Crippen molar-refractivity contribution in [1.29, 1.82) is 0 Å². The van der Waals surface area contributed by atoms with E-state index in [4.69, 9.17) is 9.47 Å². The zero-order valence-electron chi connectivity index (χ0n) is 18.2. The first-order chi connectivity index (χ1) is 13.1. The van der Waals surface area contributed by atoms with Gasteiger partial charge in [0.05, 0.1) is 0 Å². The van der Waals surface area contributed by atoms with Crippen LogP contribution in [-0.4, -0.2) is 46.3 Å². The molecule has 0 saturated carbocycles. The van der Waals surface area contributed by atoms with Crippen molar-refractivity contribution in [1.82, 2.24) is 0 Å². The monoisotopic (exact) mass is 490 g/mol. The van der Waals surface area contributed by atoms with Gasteiger partial charge in [0.2, 0.25) is 0 Å². The summed E-state index contributed by atoms with van der Waals surface area (Å²) in [5.74, 6) is 0.895. The van der Waals surface area contributed by atoms with E-state index in [1.807, 2.05) is 0 Å². The quantitative estimate of drug-likeness (QED) is 0.138. The molecule has 0 amide bonds. The molecule has 156 valence electrons. The summed E-state index contributed by atoms with van der Waals surface area (Å²) >= 11 is -0.666. The van der Waals surface area contributed by atoms with E-state index in [0.29, 0.717) is 37.9 Å². The molecular formula is C22H42O4Sn+2. The number of carbonyl (C=O) groups excluding carboxylic acids is 2. The fraction of sp³-hybridized carbons (Fsp3) is 0.909. The first-order valence-electron chi connectivity index (χ1n) is 11.1. The van der Waals surface area contributed by atoms with Crippen molar-refractivity contribution in [3.8, 4) is 0 Å². The Morgan fingerprint density at radius 3 is 1.48 bits per heavy atom. The number of esters is 2. The van der Waals surface area contributed by atoms with Crippen molar-refractivity contribution in [2.24, 2.45) is 11.8 Å². The Balaban J connectivity index is 3.68. The first kappa shape index (κ1) is 26.7. The molecule has 2 atom stereocenters. The molecule has 0 aromatic carbocycles. The molecule has 0 saturated heterocycles. The number of unbranched alkanes of at least 4 members (excludes halogenated alkanes) is 2. The van der Waals surface area contributed by atoms with Gasteiger partial charge in [-0.1, -0.05) is 0 Å². The van der Waals surface area contributed by atoms with Gasteiger partial charge < -0.3 is 0 Å². The van der Waals surface area contributed by atoms with E-state index >= 15 is 0 Å². The van der Waals surface area contributed by atoms with Crippen LogP contribution in [0.1, 0.15) is 91.9 Å². The SMILES string of the molecule is CCCCC(CC)COC(=O)C[CH2][Sn+2][CH2]CC(=O)OCC(CC)CCCC. The summed E-state index contributed by atoms with van der Waals surface area (Å²) in [5, 5.41) is 0. The fourth-order valence-corrected chi connectivity index (χ4v) is 5.76. The van der Waals surface area contributed by atoms with Crippen LogP contribution in [0.2, 0.25) is 8.87 Å². The fourth-order valence-electron chi connectivity index (χ4n) is 2.87. The molecule has 0 N–H and O–H groups in total. The molecule has 0 fully saturated rings. The maximum absolute atomic E-state index is 11.8. The summed E-state index contributed by atoms with van der Waals surface area (Å²) in [6, 6.07) is 0. The van der Waals surface area contributed by atoms with Crippen molar-refractivity contribution in [3.05, 3.63) is 0 Å². The number of hydrogen-bond donors (Lipinski definition) is 0. The molecule has 0 aliphatic rings. The summed E-state index contributed by atoms with van der Waals surface area (Å²) in [7, 11) is 0. The second-order valence-corrected chi connectivity index (χ2v) is 11.7. The Labute approximate surface area is 177 Å². The van der Waals surface area contributed by atoms with Gasteiger partial charge in [-0.15, -0.1) is 0 Å². The van der Waals surface area contributed by atoms with Crippen LogP contribution >= 0.6 is 0 Å². The van der Waals surface area contributed by atoms with Crippen LogP contribution in [0.3, 0.4) is 0 Å². The topological polar surface area (TPSA) is 52.6 Å². The Hall–Kier alpha value is -0.261. The molecule has 4 nitrogen and oxygen atoms in total. The molecule has 5 heteroatoms. The van der Waals surface area contributed by atoms with Gasteiger partial charge in [-0.25, -0.2) is 0 Å². The van der Waals surface area contributed by atoms with Gasteiger partial charge in [-0.3, -0.25) is 0 Å². The van der Waals surface area contributed by atoms with E-state index in [0.717, 1.165) is 34.6 Å². The molecule has 0 bridgehead atoms. The van der Waals surface area contributed by atoms with Crippen molar-refractivity contribution in [3.63, 3.8) is 0 Å². The molecule has 0 radical (unpaired) electrons. The summed E-state index contributed by atoms with van der Waals surface area (Å²) in [5.41, 5.74) is 0. The normalized spacial score (nSPS) is 12.9. The molecule has 0 aromatic heterocycles. The molecule has 27 heavy (non-hydrogen) atoms. The maximum atomic E-state index is 11.8. The van der Waals surface area contributed by atoms with E-state index in [1.165, 1.54) is 25.7 Å². The predicted octanol–water partition coefficient (Wildman–Crippen LogP) is 5.83. The van der Waals surface area contributed by atoms with Gasteiger partial charge in [0.25, 0.3) is 0 Å². The van der Waals surface area contributed by atoms with E-state index in [1.54, 1.807) is 0 Å². The Morgan fingerprint density at radius 2 is 1.15 bits per heavy atom. The van der Waals surface area contributed by atoms with E-state index in [-0.39, 0.29) is 11.9 Å². The summed E-state index contributed by atoms with van der Waals surface area (Å²) < 4.78 is 12.8. The van der Waals surface area contributed by atoms with E-state index in [9.17, 15) is 9.59 Å². The van der Waals surface area contributed by atoms with Crippen molar-refractivity contribution in [2.75, 3.05) is 13.2 Å². The van der Waals surface area contributed by atoms with E-state index < -0.39 is 21.1 Å². The number of ether oxygens (including phenoxy) is 2. The van der Waals surface area contributed by atoms with Crippen LogP contribution in [0.4, 0.5) is 0 Å². The van der Waals surface area contributed by atoms with E-state index in [2.05, 4.69) is 27.7 Å². The van der Waals surface area contributed by atoms with Gasteiger partial charge in [-0.05, 0) is 0 Å². The Kier molecular flexibility index (Phi) is 18.9. The van der Waals surface area contributed by atoms with Crippen molar-refractivity contribution < 1.29 is 19.1 Å². The van der Waals surface area contributed by atoms with Crippen LogP contribution in [0.15, 0.2) is 0 Å². The summed E-state index contributed by atoms with van der Waals surface area (Å²) in [6.45, 7) is 9.85. The molecule has 2 unspecified atom stereocenters. The molecule has 0 aliphatic carbocycles. The van der Waals surface area contributed by atoms with Gasteiger partial charge in [0.15, 0.2) is 0 Å². The van der Waals surface area contributed by atoms with Crippen LogP contribution in [0, 0.1) is 11.8 Å². The second-order valence-electron chi connectivity index (χ2n) is 7.45. The molecule has 0 aliphatic heterocycles. The van der Waals surface area contributed by atoms with Gasteiger partial charge in [0, 0.05) is 0 Å². The average molecular weight is 489 g/mol. The zero-order valence-corrected chi connectivity index (χ0v) is 21.0. The minimum absolute atomic E-state index is 0.0601. The van der Waals surface area contributed by atoms with Gasteiger partial charge in [0.1, 0.15) is 0 Å². The first-order valence-corrected chi connectivity index (χ1v) is 15.1. The zero-order chi connectivity index (χ0) is 20.3. The van der Waals surface area contributed by atoms with Crippen molar-refractivity contribution in [2.45, 2.75) is 101 Å². The van der Waals surface area contributed by atoms with Crippen LogP contribution in [0.25, 0.3) is 0 Å². The average Bonchev–Trinajstić information content (AvgIpc) is 2.68. The van der Waals surface area contributed by atoms with Gasteiger partial charge >= 0.3 is 178 Å². The predicted molar refractivity (Wildman–Crippen MR) is 113 cm³/mol. The van der Waals surface area contributed by atoms with Crippen LogP contribution < -0.4 is 0 Å². The Bertz CT molecular complexity index is 339. The molecule has 0 aromatic rings. The third kappa shape index (κ3) is 16.4. The van der Waals surface area contributed by atoms with Gasteiger partial charge in [-0.2, -0.15) is 0 Å². The third-order valence-electron chi connectivity index (χ3n) is 5.06. The second kappa shape index (κ2) is 19.1. The number of hydrogen-bond acceptors (Lipinski definition) is 4. The van der Waals surface area contributed by atoms with Crippen LogP contribution in [-0.2, 0) is 19.1 Å². The Morgan fingerprint density at radius 1 is 0.741 bits per heavy atom. The molecule has 0 rings (SSSR count). The van der Waals surface area contributed by atoms with Crippen LogP contribution in [0.5, 0.6) is 0 Å². The number of carbonyl (C=O) groups is 2. The molecular weight excluding hydrogens is 447 g/mol. The minimum atomic E-state index is -0.666. The standard InChI is InChI=1S/2C11H21O2.Sn/c2*1-4-7-8-10(5-2)9-13-11(12)6-3;/h2*10H,3-9H2,1-2H3;/q;;+2. The third-order valence-corrected chi connectivity index (χ3v) is 8.50. The van der Waals surface area contributed by atoms with Crippen molar-refractivity contribution >= 4 is 33.1 Å². The molecule has 0 spiro atoms. The summed E-state index contributed by atoms with van der Waals surface area (Å²) in [6.07, 6.45) is 10.3. The summed E-state index contributed by atoms with van der Waals surface area (Å²) in [4.78, 5) is 23.7. The number of rotatable bonds is 18.